The second kappa shape index (κ2) is 9.48. The molecule has 0 saturated heterocycles. The Bertz CT molecular complexity index is 755. The Kier molecular flexibility index (Phi) is 7.31. The summed E-state index contributed by atoms with van der Waals surface area (Å²) in [5.41, 5.74) is 1.55. The van der Waals surface area contributed by atoms with E-state index in [0.29, 0.717) is 47.5 Å². The number of benzene rings is 1. The summed E-state index contributed by atoms with van der Waals surface area (Å²) in [7, 11) is 1.56. The highest BCUT2D eigenvalue weighted by atomic mass is 16.5. The molecule has 1 heterocycles. The maximum atomic E-state index is 12.7. The van der Waals surface area contributed by atoms with Crippen LogP contribution in [0.5, 0.6) is 11.5 Å². The molecule has 1 aliphatic rings. The van der Waals surface area contributed by atoms with E-state index in [1.807, 2.05) is 19.9 Å². The van der Waals surface area contributed by atoms with Crippen LogP contribution in [0, 0.1) is 11.8 Å². The summed E-state index contributed by atoms with van der Waals surface area (Å²) in [6, 6.07) is 4.37. The molecular weight excluding hydrogens is 360 g/mol. The molecule has 1 atom stereocenters. The third-order valence-corrected chi connectivity index (χ3v) is 4.13. The van der Waals surface area contributed by atoms with Gasteiger partial charge in [-0.05, 0) is 36.5 Å². The van der Waals surface area contributed by atoms with Crippen LogP contribution in [0.4, 0.5) is 4.79 Å². The van der Waals surface area contributed by atoms with Gasteiger partial charge in [0.25, 0.3) is 0 Å². The van der Waals surface area contributed by atoms with Crippen molar-refractivity contribution >= 4 is 12.0 Å². The fourth-order valence-electron chi connectivity index (χ4n) is 2.77. The van der Waals surface area contributed by atoms with Gasteiger partial charge in [-0.3, -0.25) is 0 Å². The smallest absolute Gasteiger partial charge is 0.338 e. The van der Waals surface area contributed by atoms with Crippen molar-refractivity contribution in [2.24, 2.45) is 11.8 Å². The van der Waals surface area contributed by atoms with Crippen LogP contribution < -0.4 is 20.1 Å². The van der Waals surface area contributed by atoms with Crippen molar-refractivity contribution in [2.45, 2.75) is 40.7 Å². The number of nitrogens with one attached hydrogen (secondary N) is 2. The molecule has 154 valence electrons. The fraction of sp³-hybridized carbons (Fsp3) is 0.524. The lowest BCUT2D eigenvalue weighted by Gasteiger charge is -2.28. The van der Waals surface area contributed by atoms with Gasteiger partial charge in [-0.2, -0.15) is 0 Å². The van der Waals surface area contributed by atoms with E-state index in [1.54, 1.807) is 26.2 Å². The maximum Gasteiger partial charge on any atom is 0.338 e. The summed E-state index contributed by atoms with van der Waals surface area (Å²) in [4.78, 5) is 24.7. The van der Waals surface area contributed by atoms with Gasteiger partial charge in [-0.1, -0.05) is 33.8 Å². The number of allylic oxidation sites excluding steroid dienone is 1. The largest absolute Gasteiger partial charge is 0.493 e. The molecule has 0 radical (unpaired) electrons. The van der Waals surface area contributed by atoms with Crippen molar-refractivity contribution in [3.05, 3.63) is 35.0 Å². The molecule has 0 aromatic heterocycles. The highest BCUT2D eigenvalue weighted by Crippen LogP contribution is 2.34. The van der Waals surface area contributed by atoms with Crippen molar-refractivity contribution in [1.29, 1.82) is 0 Å². The number of methoxy groups -OCH3 is 1. The topological polar surface area (TPSA) is 85.9 Å². The zero-order valence-electron chi connectivity index (χ0n) is 17.4. The third kappa shape index (κ3) is 5.41. The normalized spacial score (nSPS) is 16.7. The molecule has 0 bridgehead atoms. The average molecular weight is 390 g/mol. The van der Waals surface area contributed by atoms with Crippen molar-refractivity contribution in [1.82, 2.24) is 10.6 Å². The van der Waals surface area contributed by atoms with Crippen LogP contribution in [0.15, 0.2) is 29.5 Å². The van der Waals surface area contributed by atoms with Crippen LogP contribution in [-0.2, 0) is 9.53 Å². The van der Waals surface area contributed by atoms with E-state index in [-0.39, 0.29) is 11.9 Å². The Morgan fingerprint density at radius 2 is 1.79 bits per heavy atom. The van der Waals surface area contributed by atoms with Crippen molar-refractivity contribution in [2.75, 3.05) is 20.3 Å². The summed E-state index contributed by atoms with van der Waals surface area (Å²) in [6.45, 7) is 10.6. The van der Waals surface area contributed by atoms with Crippen molar-refractivity contribution in [3.8, 4) is 11.5 Å². The zero-order valence-corrected chi connectivity index (χ0v) is 17.4. The van der Waals surface area contributed by atoms with E-state index in [9.17, 15) is 9.59 Å². The maximum absolute atomic E-state index is 12.7. The molecule has 0 spiro atoms. The van der Waals surface area contributed by atoms with Crippen molar-refractivity contribution in [3.63, 3.8) is 0 Å². The average Bonchev–Trinajstić information content (AvgIpc) is 2.63. The van der Waals surface area contributed by atoms with Crippen LogP contribution in [0.25, 0.3) is 0 Å². The lowest BCUT2D eigenvalue weighted by Crippen LogP contribution is -2.45. The quantitative estimate of drug-likeness (QED) is 0.663. The minimum absolute atomic E-state index is 0.215. The minimum atomic E-state index is -0.638. The first kappa shape index (κ1) is 21.6. The van der Waals surface area contributed by atoms with Crippen LogP contribution in [0.3, 0.4) is 0 Å². The molecule has 7 nitrogen and oxygen atoms in total. The number of ether oxygens (including phenoxy) is 3. The Balaban J connectivity index is 2.35. The van der Waals surface area contributed by atoms with E-state index in [4.69, 9.17) is 14.2 Å². The van der Waals surface area contributed by atoms with Gasteiger partial charge in [-0.15, -0.1) is 0 Å². The SMILES string of the molecule is COc1cc(C2NC(=O)NC(C)=C2C(=O)OCC(C)C)ccc1OCC(C)C. The molecular formula is C21H30N2O5. The first-order valence-electron chi connectivity index (χ1n) is 9.49. The molecule has 28 heavy (non-hydrogen) atoms. The molecule has 1 unspecified atom stereocenters. The predicted molar refractivity (Wildman–Crippen MR) is 106 cm³/mol. The number of hydrogen-bond donors (Lipinski definition) is 2. The second-order valence-corrected chi connectivity index (χ2v) is 7.68. The Morgan fingerprint density at radius 1 is 1.11 bits per heavy atom. The minimum Gasteiger partial charge on any atom is -0.493 e. The van der Waals surface area contributed by atoms with Gasteiger partial charge in [0.15, 0.2) is 11.5 Å². The van der Waals surface area contributed by atoms with Gasteiger partial charge in [0, 0.05) is 5.70 Å². The number of esters is 1. The summed E-state index contributed by atoms with van der Waals surface area (Å²) in [5, 5.41) is 5.44. The van der Waals surface area contributed by atoms with Gasteiger partial charge in [0.05, 0.1) is 31.9 Å². The van der Waals surface area contributed by atoms with Gasteiger partial charge in [0.2, 0.25) is 0 Å². The van der Waals surface area contributed by atoms with Crippen molar-refractivity contribution < 1.29 is 23.8 Å². The van der Waals surface area contributed by atoms with E-state index >= 15 is 0 Å². The van der Waals surface area contributed by atoms with Gasteiger partial charge >= 0.3 is 12.0 Å². The first-order chi connectivity index (χ1) is 13.2. The summed E-state index contributed by atoms with van der Waals surface area (Å²) >= 11 is 0. The molecule has 1 aliphatic heterocycles. The highest BCUT2D eigenvalue weighted by Gasteiger charge is 2.32. The van der Waals surface area contributed by atoms with E-state index in [2.05, 4.69) is 24.5 Å². The highest BCUT2D eigenvalue weighted by molar-refractivity contribution is 5.95. The van der Waals surface area contributed by atoms with Gasteiger partial charge in [0.1, 0.15) is 0 Å². The number of hydrogen-bond acceptors (Lipinski definition) is 5. The van der Waals surface area contributed by atoms with Crippen LogP contribution in [0.1, 0.15) is 46.2 Å². The van der Waals surface area contributed by atoms with E-state index in [0.717, 1.165) is 0 Å². The summed E-state index contributed by atoms with van der Waals surface area (Å²) in [5.74, 6) is 1.29. The van der Waals surface area contributed by atoms with Crippen LogP contribution in [-0.4, -0.2) is 32.3 Å². The Hall–Kier alpha value is -2.70. The monoisotopic (exact) mass is 390 g/mol. The van der Waals surface area contributed by atoms with Crippen LogP contribution >= 0.6 is 0 Å². The lowest BCUT2D eigenvalue weighted by atomic mass is 9.95. The summed E-state index contributed by atoms with van der Waals surface area (Å²) in [6.07, 6.45) is 0. The van der Waals surface area contributed by atoms with E-state index in [1.165, 1.54) is 0 Å². The number of urea groups is 1. The first-order valence-corrected chi connectivity index (χ1v) is 9.49. The van der Waals surface area contributed by atoms with Crippen LogP contribution in [0.2, 0.25) is 0 Å². The second-order valence-electron chi connectivity index (χ2n) is 7.68. The molecule has 0 fully saturated rings. The number of carbonyl (C=O) groups excluding carboxylic acids is 2. The van der Waals surface area contributed by atoms with Gasteiger partial charge in [-0.25, -0.2) is 9.59 Å². The Labute approximate surface area is 166 Å². The summed E-state index contributed by atoms with van der Waals surface area (Å²) < 4.78 is 16.6. The molecule has 0 aliphatic carbocycles. The van der Waals surface area contributed by atoms with Gasteiger partial charge < -0.3 is 24.8 Å². The molecule has 2 rings (SSSR count). The lowest BCUT2D eigenvalue weighted by molar-refractivity contribution is -0.140. The zero-order chi connectivity index (χ0) is 20.8. The molecule has 1 aromatic carbocycles. The molecule has 0 saturated carbocycles. The third-order valence-electron chi connectivity index (χ3n) is 4.13. The number of carbonyl (C=O) groups is 2. The fourth-order valence-corrected chi connectivity index (χ4v) is 2.77. The number of rotatable bonds is 8. The Morgan fingerprint density at radius 3 is 2.39 bits per heavy atom. The molecule has 2 N–H and O–H groups in total. The molecule has 2 amide bonds. The standard InChI is InChI=1S/C21H30N2O5/c1-12(2)10-27-16-8-7-15(9-17(16)26-6)19-18(14(5)22-21(25)23-19)20(24)28-11-13(3)4/h7-9,12-13,19H,10-11H2,1-6H3,(H2,22,23,25). The predicted octanol–water partition coefficient (Wildman–Crippen LogP) is 3.56. The molecule has 7 heteroatoms. The van der Waals surface area contributed by atoms with E-state index < -0.39 is 12.0 Å². The molecule has 1 aromatic rings. The number of amides is 2.